The summed E-state index contributed by atoms with van der Waals surface area (Å²) in [5.41, 5.74) is -0.634. The first kappa shape index (κ1) is 29.9. The monoisotopic (exact) mass is 557 g/mol. The Hall–Kier alpha value is -3.70. The van der Waals surface area contributed by atoms with Gasteiger partial charge in [-0.15, -0.1) is 0 Å². The van der Waals surface area contributed by atoms with E-state index in [2.05, 4.69) is 20.9 Å². The normalized spacial score (nSPS) is 20.9. The van der Waals surface area contributed by atoms with E-state index in [9.17, 15) is 14.7 Å². The summed E-state index contributed by atoms with van der Waals surface area (Å²) in [5.74, 6) is -0.465. The number of nitrogens with zero attached hydrogens (tertiary/aromatic N) is 2. The summed E-state index contributed by atoms with van der Waals surface area (Å²) in [6.07, 6.45) is 9.59. The first-order valence-electron chi connectivity index (χ1n) is 12.6. The number of rotatable bonds is 6. The molecule has 0 bridgehead atoms. The van der Waals surface area contributed by atoms with Crippen LogP contribution < -0.4 is 16.0 Å². The maximum absolute atomic E-state index is 13.1. The van der Waals surface area contributed by atoms with Crippen molar-refractivity contribution < 1.29 is 19.4 Å². The molecule has 3 aliphatic rings. The number of hydrogen-bond donors (Lipinski definition) is 6. The highest BCUT2D eigenvalue weighted by atomic mass is 35.5. The molecule has 1 fully saturated rings. The second-order valence-corrected chi connectivity index (χ2v) is 11.3. The molecular weight excluding hydrogens is 522 g/mol. The smallest absolute Gasteiger partial charge is 0.410 e. The number of hydrogen-bond acceptors (Lipinski definition) is 9. The zero-order valence-electron chi connectivity index (χ0n) is 22.8. The maximum Gasteiger partial charge on any atom is 0.410 e. The Morgan fingerprint density at radius 2 is 1.90 bits per heavy atom. The van der Waals surface area contributed by atoms with Crippen LogP contribution >= 0.6 is 11.6 Å². The van der Waals surface area contributed by atoms with E-state index in [1.165, 1.54) is 18.5 Å². The molecule has 6 N–H and O–H groups in total. The number of allylic oxidation sites excluding steroid dienone is 4. The Morgan fingerprint density at radius 3 is 2.44 bits per heavy atom. The molecule has 11 nitrogen and oxygen atoms in total. The van der Waals surface area contributed by atoms with Gasteiger partial charge in [0, 0.05) is 60.8 Å². The van der Waals surface area contributed by atoms with E-state index in [-0.39, 0.29) is 29.2 Å². The number of nitrogens with one attached hydrogen (secondary N) is 5. The standard InChI is InChI=1S/C27H36ClN7O4/c1-26(2,3)39-25(37)35-8-6-18(7-9-35)31-13-16-10-22(20(11-21(16)30)27(4,5)38)34-24(36)19(12-29)23-32-14-17(28)15-33-23/h10-15,18,29-32,38H,6-9H2,1-5H3,(H,34,36)/b16-13-,23-19-,29-12?,30-21?. The third kappa shape index (κ3) is 8.14. The first-order chi connectivity index (χ1) is 18.2. The molecule has 2 amide bonds. The van der Waals surface area contributed by atoms with Crippen molar-refractivity contribution in [2.75, 3.05) is 13.1 Å². The van der Waals surface area contributed by atoms with Crippen LogP contribution in [-0.4, -0.2) is 70.5 Å². The zero-order valence-corrected chi connectivity index (χ0v) is 23.6. The number of likely N-dealkylation sites (tertiary alicyclic amines) is 1. The minimum Gasteiger partial charge on any atom is -0.444 e. The molecule has 39 heavy (non-hydrogen) atoms. The molecule has 0 aromatic carbocycles. The highest BCUT2D eigenvalue weighted by molar-refractivity contribution is 6.39. The summed E-state index contributed by atoms with van der Waals surface area (Å²) >= 11 is 5.86. The van der Waals surface area contributed by atoms with Gasteiger partial charge in [0.2, 0.25) is 0 Å². The zero-order chi connectivity index (χ0) is 29.0. The Morgan fingerprint density at radius 1 is 1.23 bits per heavy atom. The first-order valence-corrected chi connectivity index (χ1v) is 13.0. The van der Waals surface area contributed by atoms with Gasteiger partial charge in [-0.2, -0.15) is 0 Å². The number of ether oxygens (including phenoxy) is 1. The number of aliphatic imine (C=N–C) groups is 1. The topological polar surface area (TPSA) is 163 Å². The van der Waals surface area contributed by atoms with Crippen molar-refractivity contribution >= 4 is 41.7 Å². The average molecular weight is 558 g/mol. The van der Waals surface area contributed by atoms with Gasteiger partial charge in [0.15, 0.2) is 0 Å². The predicted molar refractivity (Wildman–Crippen MR) is 152 cm³/mol. The molecule has 1 aliphatic carbocycles. The summed E-state index contributed by atoms with van der Waals surface area (Å²) in [5, 5.41) is 36.2. The number of aliphatic hydroxyl groups is 1. The Balaban J connectivity index is 1.74. The lowest BCUT2D eigenvalue weighted by Crippen LogP contribution is -2.45. The van der Waals surface area contributed by atoms with Crippen molar-refractivity contribution in [1.82, 2.24) is 20.9 Å². The minimum atomic E-state index is -1.35. The lowest BCUT2D eigenvalue weighted by molar-refractivity contribution is -0.116. The third-order valence-electron chi connectivity index (χ3n) is 6.03. The predicted octanol–water partition coefficient (Wildman–Crippen LogP) is 3.21. The molecule has 12 heteroatoms. The van der Waals surface area contributed by atoms with E-state index >= 15 is 0 Å². The molecular formula is C27H36ClN7O4. The molecule has 2 heterocycles. The van der Waals surface area contributed by atoms with Crippen molar-refractivity contribution in [3.8, 4) is 0 Å². The summed E-state index contributed by atoms with van der Waals surface area (Å²) in [6, 6.07) is 0.0828. The molecule has 0 aromatic rings. The van der Waals surface area contributed by atoms with E-state index in [4.69, 9.17) is 27.2 Å². The van der Waals surface area contributed by atoms with Gasteiger partial charge < -0.3 is 41.5 Å². The number of carbonyl (C=O) groups is 2. The summed E-state index contributed by atoms with van der Waals surface area (Å²) < 4.78 is 5.45. The van der Waals surface area contributed by atoms with E-state index in [0.29, 0.717) is 47.8 Å². The van der Waals surface area contributed by atoms with Crippen LogP contribution in [0, 0.1) is 10.8 Å². The van der Waals surface area contributed by atoms with Gasteiger partial charge in [-0.25, -0.2) is 9.79 Å². The largest absolute Gasteiger partial charge is 0.444 e. The van der Waals surface area contributed by atoms with Crippen LogP contribution in [-0.2, 0) is 9.53 Å². The van der Waals surface area contributed by atoms with Crippen molar-refractivity contribution in [3.05, 3.63) is 57.8 Å². The Bertz CT molecular complexity index is 1220. The third-order valence-corrected chi connectivity index (χ3v) is 6.23. The molecule has 0 unspecified atom stereocenters. The highest BCUT2D eigenvalue weighted by Crippen LogP contribution is 2.28. The van der Waals surface area contributed by atoms with Crippen LogP contribution in [0.1, 0.15) is 47.5 Å². The van der Waals surface area contributed by atoms with Crippen LogP contribution in [0.3, 0.4) is 0 Å². The number of carbonyl (C=O) groups excluding carboxylic acids is 2. The van der Waals surface area contributed by atoms with Crippen LogP contribution in [0.15, 0.2) is 62.8 Å². The molecule has 0 aromatic heterocycles. The summed E-state index contributed by atoms with van der Waals surface area (Å²) in [6.45, 7) is 9.73. The minimum absolute atomic E-state index is 0.0382. The highest BCUT2D eigenvalue weighted by Gasteiger charge is 2.30. The fourth-order valence-corrected chi connectivity index (χ4v) is 4.13. The molecule has 2 aliphatic heterocycles. The van der Waals surface area contributed by atoms with Gasteiger partial charge in [0.25, 0.3) is 5.91 Å². The van der Waals surface area contributed by atoms with Gasteiger partial charge in [-0.3, -0.25) is 4.79 Å². The molecule has 210 valence electrons. The SMILES string of the molecule is CC(C)(C)OC(=O)N1CCC(N/C=C2/C=C(NC(=O)/C(C=N)=C3\N=CC(Cl)=CN3)C(C(C)(C)O)=CC2=N)CC1. The quantitative estimate of drug-likeness (QED) is 0.217. The van der Waals surface area contributed by atoms with Crippen LogP contribution in [0.2, 0.25) is 0 Å². The van der Waals surface area contributed by atoms with Gasteiger partial charge in [0.1, 0.15) is 11.4 Å². The van der Waals surface area contributed by atoms with Gasteiger partial charge in [0.05, 0.1) is 21.9 Å². The Kier molecular flexibility index (Phi) is 9.18. The van der Waals surface area contributed by atoms with Gasteiger partial charge >= 0.3 is 6.09 Å². The van der Waals surface area contributed by atoms with Crippen molar-refractivity contribution in [2.24, 2.45) is 4.99 Å². The number of piperidine rings is 1. The lowest BCUT2D eigenvalue weighted by atomic mass is 9.87. The van der Waals surface area contributed by atoms with Crippen molar-refractivity contribution in [2.45, 2.75) is 64.7 Å². The summed E-state index contributed by atoms with van der Waals surface area (Å²) in [4.78, 5) is 31.2. The van der Waals surface area contributed by atoms with Crippen LogP contribution in [0.25, 0.3) is 0 Å². The molecule has 0 radical (unpaired) electrons. The van der Waals surface area contributed by atoms with Gasteiger partial charge in [-0.1, -0.05) is 11.6 Å². The summed E-state index contributed by atoms with van der Waals surface area (Å²) in [7, 11) is 0. The number of amides is 2. The fourth-order valence-electron chi connectivity index (χ4n) is 4.02. The maximum atomic E-state index is 13.1. The second kappa shape index (κ2) is 12.0. The van der Waals surface area contributed by atoms with E-state index in [1.54, 1.807) is 31.0 Å². The molecule has 0 spiro atoms. The molecule has 1 saturated heterocycles. The fraction of sp³-hybridized carbons (Fsp3) is 0.444. The van der Waals surface area contributed by atoms with Crippen LogP contribution in [0.5, 0.6) is 0 Å². The second-order valence-electron chi connectivity index (χ2n) is 10.9. The van der Waals surface area contributed by atoms with E-state index in [0.717, 1.165) is 6.21 Å². The van der Waals surface area contributed by atoms with Crippen molar-refractivity contribution in [3.63, 3.8) is 0 Å². The Labute approximate surface area is 233 Å². The average Bonchev–Trinajstić information content (AvgIpc) is 2.84. The van der Waals surface area contributed by atoms with E-state index < -0.39 is 17.1 Å². The molecule has 0 saturated carbocycles. The van der Waals surface area contributed by atoms with Crippen LogP contribution in [0.4, 0.5) is 4.79 Å². The number of halogens is 1. The molecule has 0 atom stereocenters. The van der Waals surface area contributed by atoms with Gasteiger partial charge in [-0.05, 0) is 59.6 Å². The molecule has 3 rings (SSSR count). The lowest BCUT2D eigenvalue weighted by Gasteiger charge is -2.33. The van der Waals surface area contributed by atoms with Crippen molar-refractivity contribution in [1.29, 1.82) is 10.8 Å². The van der Waals surface area contributed by atoms with E-state index in [1.807, 2.05) is 20.8 Å².